The molecule has 0 saturated carbocycles. The number of carbonyl (C=O) groups excluding carboxylic acids is 1. The SMILES string of the molecule is CCC(O)C(N(CCO)C(=O)c1ccc(OCC(F)(F)F)cc1)n1cncn1. The van der Waals surface area contributed by atoms with Gasteiger partial charge in [0.05, 0.1) is 12.7 Å². The summed E-state index contributed by atoms with van der Waals surface area (Å²) in [6.07, 6.45) is -3.45. The van der Waals surface area contributed by atoms with E-state index in [-0.39, 0.29) is 24.5 Å². The van der Waals surface area contributed by atoms with Gasteiger partial charge in [0.25, 0.3) is 5.91 Å². The number of aliphatic hydroxyl groups excluding tert-OH is 2. The molecule has 0 saturated heterocycles. The van der Waals surface area contributed by atoms with Crippen molar-refractivity contribution in [1.29, 1.82) is 0 Å². The van der Waals surface area contributed by atoms with Crippen LogP contribution in [0.1, 0.15) is 29.9 Å². The number of alkyl halides is 3. The summed E-state index contributed by atoms with van der Waals surface area (Å²) in [6, 6.07) is 5.12. The van der Waals surface area contributed by atoms with Crippen LogP contribution in [0.15, 0.2) is 36.9 Å². The lowest BCUT2D eigenvalue weighted by Gasteiger charge is -2.34. The van der Waals surface area contributed by atoms with Gasteiger partial charge in [-0.2, -0.15) is 18.3 Å². The summed E-state index contributed by atoms with van der Waals surface area (Å²) in [4.78, 5) is 18.0. The molecule has 2 unspecified atom stereocenters. The predicted molar refractivity (Wildman–Crippen MR) is 91.5 cm³/mol. The summed E-state index contributed by atoms with van der Waals surface area (Å²) < 4.78 is 42.6. The van der Waals surface area contributed by atoms with Crippen LogP contribution in [0.4, 0.5) is 13.2 Å². The van der Waals surface area contributed by atoms with E-state index in [4.69, 9.17) is 0 Å². The fourth-order valence-electron chi connectivity index (χ4n) is 2.58. The number of nitrogens with zero attached hydrogens (tertiary/aromatic N) is 4. The van der Waals surface area contributed by atoms with Crippen molar-refractivity contribution in [2.45, 2.75) is 31.8 Å². The van der Waals surface area contributed by atoms with Crippen LogP contribution in [0.5, 0.6) is 5.75 Å². The molecule has 28 heavy (non-hydrogen) atoms. The number of benzene rings is 1. The van der Waals surface area contributed by atoms with Crippen LogP contribution in [0, 0.1) is 0 Å². The molecule has 11 heteroatoms. The van der Waals surface area contributed by atoms with Crippen LogP contribution >= 0.6 is 0 Å². The molecule has 1 aromatic carbocycles. The minimum absolute atomic E-state index is 0.0380. The second-order valence-electron chi connectivity index (χ2n) is 5.92. The van der Waals surface area contributed by atoms with Crippen molar-refractivity contribution in [3.05, 3.63) is 42.5 Å². The third kappa shape index (κ3) is 5.67. The Kier molecular flexibility index (Phi) is 7.35. The van der Waals surface area contributed by atoms with Crippen LogP contribution in [0.3, 0.4) is 0 Å². The first-order valence-corrected chi connectivity index (χ1v) is 8.50. The molecule has 0 aliphatic rings. The molecule has 2 rings (SSSR count). The van der Waals surface area contributed by atoms with Crippen molar-refractivity contribution < 1.29 is 32.9 Å². The molecule has 8 nitrogen and oxygen atoms in total. The highest BCUT2D eigenvalue weighted by Crippen LogP contribution is 2.23. The molecular weight excluding hydrogens is 381 g/mol. The largest absolute Gasteiger partial charge is 0.484 e. The van der Waals surface area contributed by atoms with Crippen LogP contribution < -0.4 is 4.74 Å². The molecule has 0 fully saturated rings. The Morgan fingerprint density at radius 2 is 2.00 bits per heavy atom. The molecule has 1 amide bonds. The molecule has 0 aliphatic carbocycles. The summed E-state index contributed by atoms with van der Waals surface area (Å²) in [5.74, 6) is -0.576. The lowest BCUT2D eigenvalue weighted by Crippen LogP contribution is -2.45. The van der Waals surface area contributed by atoms with Crippen molar-refractivity contribution in [3.63, 3.8) is 0 Å². The highest BCUT2D eigenvalue weighted by Gasteiger charge is 2.32. The Hall–Kier alpha value is -2.66. The van der Waals surface area contributed by atoms with Gasteiger partial charge in [0.15, 0.2) is 12.8 Å². The fourth-order valence-corrected chi connectivity index (χ4v) is 2.58. The monoisotopic (exact) mass is 402 g/mol. The maximum absolute atomic E-state index is 12.9. The molecule has 0 spiro atoms. The van der Waals surface area contributed by atoms with E-state index < -0.39 is 31.0 Å². The van der Waals surface area contributed by atoms with Gasteiger partial charge in [0.2, 0.25) is 0 Å². The third-order valence-corrected chi connectivity index (χ3v) is 3.89. The van der Waals surface area contributed by atoms with Crippen molar-refractivity contribution in [1.82, 2.24) is 19.7 Å². The summed E-state index contributed by atoms with van der Waals surface area (Å²) in [5.41, 5.74) is 0.154. The molecule has 0 bridgehead atoms. The normalized spacial score (nSPS) is 13.8. The number of rotatable bonds is 9. The standard InChI is InChI=1S/C17H21F3N4O4/c1-2-14(26)15(24-11-21-10-22-24)23(7-8-25)16(27)12-3-5-13(6-4-12)28-9-17(18,19)20/h3-6,10-11,14-15,25-26H,2,7-9H2,1H3. The smallest absolute Gasteiger partial charge is 0.422 e. The van der Waals surface area contributed by atoms with Gasteiger partial charge in [0.1, 0.15) is 18.4 Å². The maximum atomic E-state index is 12.9. The van der Waals surface area contributed by atoms with E-state index in [0.717, 1.165) is 0 Å². The van der Waals surface area contributed by atoms with E-state index in [2.05, 4.69) is 14.8 Å². The van der Waals surface area contributed by atoms with E-state index in [1.165, 1.54) is 46.5 Å². The molecule has 1 heterocycles. The van der Waals surface area contributed by atoms with Gasteiger partial charge in [-0.15, -0.1) is 0 Å². The molecule has 0 aliphatic heterocycles. The molecule has 1 aromatic heterocycles. The van der Waals surface area contributed by atoms with E-state index in [1.807, 2.05) is 0 Å². The first kappa shape index (κ1) is 21.6. The summed E-state index contributed by atoms with van der Waals surface area (Å²) in [7, 11) is 0. The molecule has 2 N–H and O–H groups in total. The minimum Gasteiger partial charge on any atom is -0.484 e. The second kappa shape index (κ2) is 9.51. The number of aliphatic hydroxyl groups is 2. The van der Waals surface area contributed by atoms with Crippen LogP contribution in [0.25, 0.3) is 0 Å². The zero-order chi connectivity index (χ0) is 20.7. The van der Waals surface area contributed by atoms with Crippen molar-refractivity contribution in [3.8, 4) is 5.75 Å². The average molecular weight is 402 g/mol. The Labute approximate surface area is 159 Å². The lowest BCUT2D eigenvalue weighted by atomic mass is 10.1. The van der Waals surface area contributed by atoms with Gasteiger partial charge in [0, 0.05) is 12.1 Å². The lowest BCUT2D eigenvalue weighted by molar-refractivity contribution is -0.153. The van der Waals surface area contributed by atoms with E-state index in [9.17, 15) is 28.2 Å². The van der Waals surface area contributed by atoms with Crippen LogP contribution in [0.2, 0.25) is 0 Å². The molecular formula is C17H21F3N4O4. The first-order valence-electron chi connectivity index (χ1n) is 8.50. The third-order valence-electron chi connectivity index (χ3n) is 3.89. The number of halogens is 3. The minimum atomic E-state index is -4.46. The quantitative estimate of drug-likeness (QED) is 0.661. The van der Waals surface area contributed by atoms with Gasteiger partial charge in [-0.05, 0) is 30.7 Å². The van der Waals surface area contributed by atoms with Crippen molar-refractivity contribution in [2.75, 3.05) is 19.8 Å². The van der Waals surface area contributed by atoms with Gasteiger partial charge < -0.3 is 19.8 Å². The first-order chi connectivity index (χ1) is 13.3. The Bertz CT molecular complexity index is 738. The number of hydrogen-bond acceptors (Lipinski definition) is 6. The zero-order valence-corrected chi connectivity index (χ0v) is 15.1. The zero-order valence-electron chi connectivity index (χ0n) is 15.1. The molecule has 2 aromatic rings. The second-order valence-corrected chi connectivity index (χ2v) is 5.92. The fraction of sp³-hybridized carbons (Fsp3) is 0.471. The summed E-state index contributed by atoms with van der Waals surface area (Å²) >= 11 is 0. The van der Waals surface area contributed by atoms with Gasteiger partial charge in [-0.1, -0.05) is 6.92 Å². The van der Waals surface area contributed by atoms with Gasteiger partial charge >= 0.3 is 6.18 Å². The van der Waals surface area contributed by atoms with Crippen molar-refractivity contribution >= 4 is 5.91 Å². The van der Waals surface area contributed by atoms with E-state index in [0.29, 0.717) is 6.42 Å². The number of aromatic nitrogens is 3. The van der Waals surface area contributed by atoms with Crippen molar-refractivity contribution in [2.24, 2.45) is 0 Å². The topological polar surface area (TPSA) is 101 Å². The van der Waals surface area contributed by atoms with E-state index >= 15 is 0 Å². The average Bonchev–Trinajstić information content (AvgIpc) is 3.19. The number of ether oxygens (including phenoxy) is 1. The highest BCUT2D eigenvalue weighted by molar-refractivity contribution is 5.94. The Balaban J connectivity index is 2.23. The molecule has 154 valence electrons. The predicted octanol–water partition coefficient (Wildman–Crippen LogP) is 1.62. The van der Waals surface area contributed by atoms with E-state index in [1.54, 1.807) is 6.92 Å². The number of carbonyl (C=O) groups is 1. The number of hydrogen-bond donors (Lipinski definition) is 2. The van der Waals surface area contributed by atoms with Crippen LogP contribution in [-0.4, -0.2) is 67.8 Å². The molecule has 2 atom stereocenters. The summed E-state index contributed by atoms with van der Waals surface area (Å²) in [6.45, 7) is -0.163. The molecule has 0 radical (unpaired) electrons. The highest BCUT2D eigenvalue weighted by atomic mass is 19.4. The summed E-state index contributed by atoms with van der Waals surface area (Å²) in [5, 5.41) is 23.7. The van der Waals surface area contributed by atoms with Gasteiger partial charge in [-0.25, -0.2) is 9.67 Å². The Morgan fingerprint density at radius 3 is 2.50 bits per heavy atom. The van der Waals surface area contributed by atoms with Gasteiger partial charge in [-0.3, -0.25) is 4.79 Å². The maximum Gasteiger partial charge on any atom is 0.422 e. The van der Waals surface area contributed by atoms with Crippen LogP contribution in [-0.2, 0) is 0 Å². The Morgan fingerprint density at radius 1 is 1.32 bits per heavy atom. The number of amides is 1.